The summed E-state index contributed by atoms with van der Waals surface area (Å²) in [6, 6.07) is 26.9. The number of H-pyrrole nitrogens is 1. The summed E-state index contributed by atoms with van der Waals surface area (Å²) in [6.45, 7) is 4.46. The first-order chi connectivity index (χ1) is 14.3. The number of fused-ring (bicyclic) bond motifs is 10. The van der Waals surface area contributed by atoms with Crippen molar-refractivity contribution in [1.29, 1.82) is 0 Å². The highest BCUT2D eigenvalue weighted by Crippen LogP contribution is 2.43. The van der Waals surface area contributed by atoms with Crippen LogP contribution < -0.4 is 0 Å². The normalized spacial score (nSPS) is 12.1. The topological polar surface area (TPSA) is 15.8 Å². The van der Waals surface area contributed by atoms with E-state index < -0.39 is 0 Å². The van der Waals surface area contributed by atoms with Gasteiger partial charge in [-0.25, -0.2) is 0 Å². The molecule has 0 aliphatic heterocycles. The summed E-state index contributed by atoms with van der Waals surface area (Å²) in [5.74, 6) is 0. The molecule has 1 heteroatoms. The fourth-order valence-corrected chi connectivity index (χ4v) is 5.13. The molecule has 0 bridgehead atoms. The zero-order chi connectivity index (χ0) is 19.5. The zero-order valence-corrected chi connectivity index (χ0v) is 16.8. The molecular weight excluding hydrogens is 350 g/mol. The first kappa shape index (κ1) is 16.6. The Bertz CT molecular complexity index is 1570. The van der Waals surface area contributed by atoms with E-state index in [2.05, 4.69) is 91.6 Å². The fraction of sp³-hybridized carbons (Fsp3) is 0.143. The molecule has 140 valence electrons. The van der Waals surface area contributed by atoms with Crippen LogP contribution in [-0.4, -0.2) is 4.98 Å². The van der Waals surface area contributed by atoms with Gasteiger partial charge >= 0.3 is 0 Å². The van der Waals surface area contributed by atoms with E-state index in [1.54, 1.807) is 0 Å². The summed E-state index contributed by atoms with van der Waals surface area (Å²) < 4.78 is 0. The van der Waals surface area contributed by atoms with Gasteiger partial charge in [0.15, 0.2) is 0 Å². The Balaban J connectivity index is 2.04. The molecule has 1 aromatic heterocycles. The molecular formula is C28H23N. The van der Waals surface area contributed by atoms with Crippen molar-refractivity contribution in [2.75, 3.05) is 0 Å². The standard InChI is InChI=1S/C28H23N/c1-3-8-19-16-18-9-4-5-10-20(18)26-25(19)21-11-6-7-12-22(21)28-27(26)23-15-17(2)13-14-24(23)29-28/h4-7,9-16,29H,3,8H2,1-2H3. The lowest BCUT2D eigenvalue weighted by Crippen LogP contribution is -1.91. The molecule has 0 fully saturated rings. The fourth-order valence-electron chi connectivity index (χ4n) is 5.13. The van der Waals surface area contributed by atoms with Crippen LogP contribution in [0.4, 0.5) is 0 Å². The van der Waals surface area contributed by atoms with Crippen molar-refractivity contribution in [3.63, 3.8) is 0 Å². The summed E-state index contributed by atoms with van der Waals surface area (Å²) in [5.41, 5.74) is 5.23. The molecule has 1 heterocycles. The Morgan fingerprint density at radius 3 is 2.28 bits per heavy atom. The Hall–Kier alpha value is -3.32. The molecule has 1 N–H and O–H groups in total. The molecule has 0 amide bonds. The summed E-state index contributed by atoms with van der Waals surface area (Å²) >= 11 is 0. The Morgan fingerprint density at radius 1 is 0.690 bits per heavy atom. The average Bonchev–Trinajstić information content (AvgIpc) is 3.12. The van der Waals surface area contributed by atoms with Gasteiger partial charge in [-0.05, 0) is 52.6 Å². The van der Waals surface area contributed by atoms with Gasteiger partial charge in [0.05, 0.1) is 5.52 Å². The second-order valence-corrected chi connectivity index (χ2v) is 8.23. The molecule has 0 radical (unpaired) electrons. The minimum Gasteiger partial charge on any atom is -0.354 e. The molecule has 5 aromatic carbocycles. The molecule has 0 saturated carbocycles. The molecule has 0 aliphatic carbocycles. The number of nitrogens with one attached hydrogen (secondary N) is 1. The Kier molecular flexibility index (Phi) is 3.49. The van der Waals surface area contributed by atoms with Crippen molar-refractivity contribution in [2.24, 2.45) is 0 Å². The van der Waals surface area contributed by atoms with Gasteiger partial charge < -0.3 is 4.98 Å². The largest absolute Gasteiger partial charge is 0.354 e. The van der Waals surface area contributed by atoms with Gasteiger partial charge in [-0.1, -0.05) is 79.6 Å². The third-order valence-electron chi connectivity index (χ3n) is 6.32. The molecule has 6 aromatic rings. The number of benzene rings is 5. The zero-order valence-electron chi connectivity index (χ0n) is 16.8. The number of aromatic amines is 1. The van der Waals surface area contributed by atoms with E-state index in [4.69, 9.17) is 0 Å². The number of rotatable bonds is 2. The van der Waals surface area contributed by atoms with Crippen LogP contribution in [0.25, 0.3) is 54.1 Å². The predicted octanol–water partition coefficient (Wildman–Crippen LogP) is 8.04. The summed E-state index contributed by atoms with van der Waals surface area (Å²) in [4.78, 5) is 3.76. The van der Waals surface area contributed by atoms with Crippen LogP contribution in [0.2, 0.25) is 0 Å². The predicted molar refractivity (Wildman–Crippen MR) is 127 cm³/mol. The lowest BCUT2D eigenvalue weighted by Gasteiger charge is -2.15. The van der Waals surface area contributed by atoms with Gasteiger partial charge in [-0.15, -0.1) is 0 Å². The first-order valence-corrected chi connectivity index (χ1v) is 10.5. The van der Waals surface area contributed by atoms with Crippen molar-refractivity contribution in [3.05, 3.63) is 83.9 Å². The second kappa shape index (κ2) is 6.09. The monoisotopic (exact) mass is 373 g/mol. The van der Waals surface area contributed by atoms with Crippen LogP contribution in [0.5, 0.6) is 0 Å². The number of hydrogen-bond donors (Lipinski definition) is 1. The minimum atomic E-state index is 1.10. The third kappa shape index (κ3) is 2.28. The highest BCUT2D eigenvalue weighted by atomic mass is 14.7. The Morgan fingerprint density at radius 2 is 1.45 bits per heavy atom. The van der Waals surface area contributed by atoms with Crippen LogP contribution in [0.3, 0.4) is 0 Å². The smallest absolute Gasteiger partial charge is 0.0551 e. The quantitative estimate of drug-likeness (QED) is 0.296. The van der Waals surface area contributed by atoms with Gasteiger partial charge in [0.2, 0.25) is 0 Å². The lowest BCUT2D eigenvalue weighted by atomic mass is 9.88. The van der Waals surface area contributed by atoms with Crippen LogP contribution in [0, 0.1) is 6.92 Å². The number of aryl methyl sites for hydroxylation is 2. The van der Waals surface area contributed by atoms with E-state index >= 15 is 0 Å². The molecule has 1 nitrogen and oxygen atoms in total. The summed E-state index contributed by atoms with van der Waals surface area (Å²) in [6.07, 6.45) is 2.24. The third-order valence-corrected chi connectivity index (χ3v) is 6.32. The van der Waals surface area contributed by atoms with E-state index in [-0.39, 0.29) is 0 Å². The molecule has 6 rings (SSSR count). The van der Waals surface area contributed by atoms with Gasteiger partial charge in [0.1, 0.15) is 0 Å². The minimum absolute atomic E-state index is 1.10. The van der Waals surface area contributed by atoms with E-state index in [1.165, 1.54) is 65.3 Å². The van der Waals surface area contributed by atoms with Crippen LogP contribution >= 0.6 is 0 Å². The number of aromatic nitrogens is 1. The average molecular weight is 373 g/mol. The molecule has 0 aliphatic rings. The maximum Gasteiger partial charge on any atom is 0.0551 e. The van der Waals surface area contributed by atoms with Crippen molar-refractivity contribution >= 4 is 54.1 Å². The molecule has 29 heavy (non-hydrogen) atoms. The van der Waals surface area contributed by atoms with Crippen molar-refractivity contribution in [1.82, 2.24) is 4.98 Å². The van der Waals surface area contributed by atoms with Gasteiger partial charge in [-0.2, -0.15) is 0 Å². The molecule has 0 unspecified atom stereocenters. The first-order valence-electron chi connectivity index (χ1n) is 10.5. The molecule has 0 atom stereocenters. The highest BCUT2D eigenvalue weighted by molar-refractivity contribution is 6.36. The lowest BCUT2D eigenvalue weighted by molar-refractivity contribution is 0.931. The van der Waals surface area contributed by atoms with Crippen LogP contribution in [0.1, 0.15) is 24.5 Å². The summed E-state index contributed by atoms with van der Waals surface area (Å²) in [7, 11) is 0. The van der Waals surface area contributed by atoms with Crippen molar-refractivity contribution < 1.29 is 0 Å². The van der Waals surface area contributed by atoms with E-state index in [9.17, 15) is 0 Å². The van der Waals surface area contributed by atoms with Gasteiger partial charge in [0, 0.05) is 27.1 Å². The van der Waals surface area contributed by atoms with E-state index in [1.807, 2.05) is 0 Å². The second-order valence-electron chi connectivity index (χ2n) is 8.23. The van der Waals surface area contributed by atoms with Crippen LogP contribution in [0.15, 0.2) is 72.8 Å². The van der Waals surface area contributed by atoms with Crippen molar-refractivity contribution in [3.8, 4) is 0 Å². The molecule has 0 spiro atoms. The van der Waals surface area contributed by atoms with E-state index in [0.717, 1.165) is 12.8 Å². The Labute approximate surface area is 170 Å². The SMILES string of the molecule is CCCc1cc2ccccc2c2c1c1ccccc1c1[nH]c3ccc(C)cc3c12. The summed E-state index contributed by atoms with van der Waals surface area (Å²) in [5, 5.41) is 10.9. The van der Waals surface area contributed by atoms with Crippen molar-refractivity contribution in [2.45, 2.75) is 26.7 Å². The van der Waals surface area contributed by atoms with Gasteiger partial charge in [-0.3, -0.25) is 0 Å². The van der Waals surface area contributed by atoms with Gasteiger partial charge in [0.25, 0.3) is 0 Å². The number of hydrogen-bond acceptors (Lipinski definition) is 0. The molecule has 0 saturated heterocycles. The van der Waals surface area contributed by atoms with Crippen LogP contribution in [-0.2, 0) is 6.42 Å². The maximum absolute atomic E-state index is 3.76. The van der Waals surface area contributed by atoms with E-state index in [0.29, 0.717) is 0 Å². The highest BCUT2D eigenvalue weighted by Gasteiger charge is 2.18. The maximum atomic E-state index is 3.76.